The molecule has 21 heavy (non-hydrogen) atoms. The minimum Gasteiger partial charge on any atom is -0.497 e. The molecule has 0 aliphatic rings. The van der Waals surface area contributed by atoms with Crippen molar-refractivity contribution in [3.63, 3.8) is 0 Å². The van der Waals surface area contributed by atoms with Gasteiger partial charge in [0.1, 0.15) is 11.3 Å². The van der Waals surface area contributed by atoms with Gasteiger partial charge < -0.3 is 14.3 Å². The van der Waals surface area contributed by atoms with E-state index >= 15 is 0 Å². The standard InChI is InChI=1S/C18H18O3/c1-20-14-9-6-13(7-10-14)8-11-17(19)16-12-21-18-5-3-2-4-15(16)18/h2-7,9-10,12,17,19H,8,11H2,1H3. The number of rotatable bonds is 5. The van der Waals surface area contributed by atoms with Gasteiger partial charge in [-0.15, -0.1) is 0 Å². The first-order chi connectivity index (χ1) is 10.3. The predicted molar refractivity (Wildman–Crippen MR) is 82.5 cm³/mol. The Balaban J connectivity index is 1.69. The third-order valence-corrected chi connectivity index (χ3v) is 3.74. The van der Waals surface area contributed by atoms with Crippen molar-refractivity contribution < 1.29 is 14.3 Å². The van der Waals surface area contributed by atoms with Crippen molar-refractivity contribution in [3.8, 4) is 5.75 Å². The van der Waals surface area contributed by atoms with Crippen molar-refractivity contribution >= 4 is 11.0 Å². The van der Waals surface area contributed by atoms with E-state index < -0.39 is 6.10 Å². The number of hydrogen-bond donors (Lipinski definition) is 1. The van der Waals surface area contributed by atoms with Crippen LogP contribution in [-0.2, 0) is 6.42 Å². The van der Waals surface area contributed by atoms with Gasteiger partial charge in [0.15, 0.2) is 0 Å². The van der Waals surface area contributed by atoms with Gasteiger partial charge in [-0.25, -0.2) is 0 Å². The van der Waals surface area contributed by atoms with E-state index in [4.69, 9.17) is 9.15 Å². The van der Waals surface area contributed by atoms with Gasteiger partial charge in [-0.3, -0.25) is 0 Å². The lowest BCUT2D eigenvalue weighted by Crippen LogP contribution is -1.99. The molecule has 0 saturated heterocycles. The molecule has 1 unspecified atom stereocenters. The van der Waals surface area contributed by atoms with E-state index in [-0.39, 0.29) is 0 Å². The summed E-state index contributed by atoms with van der Waals surface area (Å²) in [4.78, 5) is 0. The highest BCUT2D eigenvalue weighted by Crippen LogP contribution is 2.29. The van der Waals surface area contributed by atoms with Crippen LogP contribution < -0.4 is 4.74 Å². The number of aliphatic hydroxyl groups is 1. The van der Waals surface area contributed by atoms with Crippen molar-refractivity contribution in [2.45, 2.75) is 18.9 Å². The summed E-state index contributed by atoms with van der Waals surface area (Å²) in [5.41, 5.74) is 2.86. The Labute approximate surface area is 123 Å². The molecule has 0 fully saturated rings. The molecule has 2 aromatic carbocycles. The fourth-order valence-electron chi connectivity index (χ4n) is 2.51. The smallest absolute Gasteiger partial charge is 0.134 e. The highest BCUT2D eigenvalue weighted by atomic mass is 16.5. The predicted octanol–water partition coefficient (Wildman–Crippen LogP) is 4.11. The largest absolute Gasteiger partial charge is 0.497 e. The average Bonchev–Trinajstić information content (AvgIpc) is 2.97. The summed E-state index contributed by atoms with van der Waals surface area (Å²) in [6.45, 7) is 0. The van der Waals surface area contributed by atoms with Crippen molar-refractivity contribution in [1.29, 1.82) is 0 Å². The van der Waals surface area contributed by atoms with Gasteiger partial charge in [0.2, 0.25) is 0 Å². The van der Waals surface area contributed by atoms with Crippen molar-refractivity contribution in [2.24, 2.45) is 0 Å². The maximum absolute atomic E-state index is 10.4. The summed E-state index contributed by atoms with van der Waals surface area (Å²) < 4.78 is 10.6. The van der Waals surface area contributed by atoms with Crippen LogP contribution in [0.3, 0.4) is 0 Å². The molecule has 0 radical (unpaired) electrons. The Bertz CT molecular complexity index is 713. The fraction of sp³-hybridized carbons (Fsp3) is 0.222. The number of methoxy groups -OCH3 is 1. The Kier molecular flexibility index (Phi) is 3.93. The highest BCUT2D eigenvalue weighted by molar-refractivity contribution is 5.81. The number of para-hydroxylation sites is 1. The molecule has 0 saturated carbocycles. The summed E-state index contributed by atoms with van der Waals surface area (Å²) in [6, 6.07) is 15.7. The zero-order valence-electron chi connectivity index (χ0n) is 12.0. The van der Waals surface area contributed by atoms with Crippen molar-refractivity contribution in [1.82, 2.24) is 0 Å². The molecule has 0 amide bonds. The molecular weight excluding hydrogens is 264 g/mol. The molecular formula is C18H18O3. The maximum Gasteiger partial charge on any atom is 0.134 e. The molecule has 3 nitrogen and oxygen atoms in total. The number of hydrogen-bond acceptors (Lipinski definition) is 3. The zero-order chi connectivity index (χ0) is 14.7. The van der Waals surface area contributed by atoms with Gasteiger partial charge in [-0.05, 0) is 36.6 Å². The fourth-order valence-corrected chi connectivity index (χ4v) is 2.51. The maximum atomic E-state index is 10.4. The molecule has 3 aromatic rings. The first kappa shape index (κ1) is 13.7. The average molecular weight is 282 g/mol. The van der Waals surface area contributed by atoms with Crippen LogP contribution in [0.15, 0.2) is 59.2 Å². The van der Waals surface area contributed by atoms with Crippen LogP contribution >= 0.6 is 0 Å². The van der Waals surface area contributed by atoms with Crippen LogP contribution in [-0.4, -0.2) is 12.2 Å². The monoisotopic (exact) mass is 282 g/mol. The van der Waals surface area contributed by atoms with Gasteiger partial charge >= 0.3 is 0 Å². The normalized spacial score (nSPS) is 12.5. The third-order valence-electron chi connectivity index (χ3n) is 3.74. The quantitative estimate of drug-likeness (QED) is 0.766. The second-order valence-corrected chi connectivity index (χ2v) is 5.09. The lowest BCUT2D eigenvalue weighted by atomic mass is 10.0. The van der Waals surface area contributed by atoms with E-state index in [0.717, 1.165) is 28.7 Å². The molecule has 108 valence electrons. The van der Waals surface area contributed by atoms with E-state index in [0.29, 0.717) is 6.42 Å². The van der Waals surface area contributed by atoms with Gasteiger partial charge in [0.25, 0.3) is 0 Å². The number of aryl methyl sites for hydroxylation is 1. The minimum atomic E-state index is -0.518. The van der Waals surface area contributed by atoms with Crippen molar-refractivity contribution in [2.75, 3.05) is 7.11 Å². The number of fused-ring (bicyclic) bond motifs is 1. The number of ether oxygens (including phenoxy) is 1. The van der Waals surface area contributed by atoms with Crippen LogP contribution in [0.2, 0.25) is 0 Å². The Morgan fingerprint density at radius 3 is 2.62 bits per heavy atom. The molecule has 1 atom stereocenters. The third kappa shape index (κ3) is 2.93. The minimum absolute atomic E-state index is 0.518. The summed E-state index contributed by atoms with van der Waals surface area (Å²) in [5, 5.41) is 11.4. The number of aliphatic hydroxyl groups excluding tert-OH is 1. The van der Waals surface area contributed by atoms with Gasteiger partial charge in [-0.2, -0.15) is 0 Å². The molecule has 0 spiro atoms. The van der Waals surface area contributed by atoms with E-state index in [2.05, 4.69) is 0 Å². The molecule has 0 bridgehead atoms. The second kappa shape index (κ2) is 6.02. The van der Waals surface area contributed by atoms with E-state index in [9.17, 15) is 5.11 Å². The lowest BCUT2D eigenvalue weighted by molar-refractivity contribution is 0.168. The Hall–Kier alpha value is -2.26. The van der Waals surface area contributed by atoms with E-state index in [1.54, 1.807) is 13.4 Å². The molecule has 1 N–H and O–H groups in total. The van der Waals surface area contributed by atoms with Gasteiger partial charge in [0, 0.05) is 10.9 Å². The molecule has 3 heteroatoms. The summed E-state index contributed by atoms with van der Waals surface area (Å²) in [6.07, 6.45) is 2.61. The van der Waals surface area contributed by atoms with Crippen molar-refractivity contribution in [3.05, 3.63) is 65.9 Å². The SMILES string of the molecule is COc1ccc(CCC(O)c2coc3ccccc23)cc1. The topological polar surface area (TPSA) is 42.6 Å². The van der Waals surface area contributed by atoms with Crippen LogP contribution in [0.4, 0.5) is 0 Å². The lowest BCUT2D eigenvalue weighted by Gasteiger charge is -2.09. The molecule has 0 aliphatic carbocycles. The zero-order valence-corrected chi connectivity index (χ0v) is 12.0. The number of benzene rings is 2. The first-order valence-electron chi connectivity index (χ1n) is 7.05. The van der Waals surface area contributed by atoms with E-state index in [1.165, 1.54) is 5.56 Å². The summed E-state index contributed by atoms with van der Waals surface area (Å²) >= 11 is 0. The van der Waals surface area contributed by atoms with Crippen LogP contribution in [0.5, 0.6) is 5.75 Å². The van der Waals surface area contributed by atoms with Crippen LogP contribution in [0, 0.1) is 0 Å². The Morgan fingerprint density at radius 1 is 1.10 bits per heavy atom. The molecule has 3 rings (SSSR count). The Morgan fingerprint density at radius 2 is 1.86 bits per heavy atom. The van der Waals surface area contributed by atoms with Gasteiger partial charge in [-0.1, -0.05) is 30.3 Å². The molecule has 1 heterocycles. The molecule has 0 aliphatic heterocycles. The van der Waals surface area contributed by atoms with Crippen LogP contribution in [0.25, 0.3) is 11.0 Å². The first-order valence-corrected chi connectivity index (χ1v) is 7.05. The summed E-state index contributed by atoms with van der Waals surface area (Å²) in [7, 11) is 1.66. The highest BCUT2D eigenvalue weighted by Gasteiger charge is 2.14. The summed E-state index contributed by atoms with van der Waals surface area (Å²) in [5.74, 6) is 0.847. The van der Waals surface area contributed by atoms with Gasteiger partial charge in [0.05, 0.1) is 19.5 Å². The molecule has 1 aromatic heterocycles. The number of furan rings is 1. The second-order valence-electron chi connectivity index (χ2n) is 5.09. The van der Waals surface area contributed by atoms with Crippen LogP contribution in [0.1, 0.15) is 23.7 Å². The van der Waals surface area contributed by atoms with E-state index in [1.807, 2.05) is 48.5 Å².